The Hall–Kier alpha value is -6.38. The third-order valence-corrected chi connectivity index (χ3v) is 8.10. The third kappa shape index (κ3) is 4.81. The fraction of sp³-hybridized carbons (Fsp3) is 0. The Morgan fingerprint density at radius 3 is 1.47 bits per heavy atom. The third-order valence-electron chi connectivity index (χ3n) is 8.10. The van der Waals surface area contributed by atoms with Gasteiger partial charge in [-0.25, -0.2) is 15.0 Å². The quantitative estimate of drug-likeness (QED) is 0.205. The first-order chi connectivity index (χ1) is 22.2. The summed E-state index contributed by atoms with van der Waals surface area (Å²) in [6.07, 6.45) is 0. The molecule has 6 aromatic carbocycles. The average molecular weight is 576 g/mol. The van der Waals surface area contributed by atoms with E-state index in [0.29, 0.717) is 23.0 Å². The Kier molecular flexibility index (Phi) is 6.44. The second-order valence-corrected chi connectivity index (χ2v) is 10.9. The smallest absolute Gasteiger partial charge is 0.164 e. The lowest BCUT2D eigenvalue weighted by atomic mass is 10.0. The van der Waals surface area contributed by atoms with Crippen LogP contribution < -0.4 is 0 Å². The maximum atomic E-state index is 9.47. The zero-order valence-electron chi connectivity index (χ0n) is 24.2. The molecule has 0 aliphatic heterocycles. The highest BCUT2D eigenvalue weighted by Crippen LogP contribution is 2.34. The molecule has 0 bridgehead atoms. The van der Waals surface area contributed by atoms with Gasteiger partial charge in [-0.15, -0.1) is 0 Å². The standard InChI is InChI=1S/C40H25N5/c41-26-27-15-24-37-35(25-27)34-13-7-8-14-36(34)45(37)33-22-20-29(21-23-33)28-16-18-32(19-17-28)40-43-38(30-9-3-1-4-10-30)42-39(44-40)31-11-5-2-6-12-31/h1-25H. The molecule has 0 atom stereocenters. The molecule has 0 aliphatic carbocycles. The molecule has 0 aliphatic rings. The normalized spacial score (nSPS) is 11.1. The zero-order valence-corrected chi connectivity index (χ0v) is 24.2. The highest BCUT2D eigenvalue weighted by molar-refractivity contribution is 6.09. The predicted molar refractivity (Wildman–Crippen MR) is 181 cm³/mol. The average Bonchev–Trinajstić information content (AvgIpc) is 3.46. The first kappa shape index (κ1) is 26.3. The molecule has 0 N–H and O–H groups in total. The summed E-state index contributed by atoms with van der Waals surface area (Å²) in [6.45, 7) is 0. The molecule has 0 amide bonds. The lowest BCUT2D eigenvalue weighted by Crippen LogP contribution is -2.00. The molecule has 0 saturated heterocycles. The SMILES string of the molecule is N#Cc1ccc2c(c1)c1ccccc1n2-c1ccc(-c2ccc(-c3nc(-c4ccccc4)nc(-c4ccccc4)n3)cc2)cc1. The highest BCUT2D eigenvalue weighted by Gasteiger charge is 2.14. The van der Waals surface area contributed by atoms with Crippen LogP contribution in [0, 0.1) is 11.3 Å². The minimum absolute atomic E-state index is 0.635. The molecule has 210 valence electrons. The molecule has 0 spiro atoms. The van der Waals surface area contributed by atoms with Crippen molar-refractivity contribution >= 4 is 21.8 Å². The number of aromatic nitrogens is 4. The van der Waals surface area contributed by atoms with Crippen LogP contribution in [0.1, 0.15) is 5.56 Å². The van der Waals surface area contributed by atoms with E-state index in [4.69, 9.17) is 15.0 Å². The molecule has 0 radical (unpaired) electrons. The Morgan fingerprint density at radius 1 is 0.422 bits per heavy atom. The summed E-state index contributed by atoms with van der Waals surface area (Å²) >= 11 is 0. The van der Waals surface area contributed by atoms with E-state index >= 15 is 0 Å². The van der Waals surface area contributed by atoms with Crippen molar-refractivity contribution < 1.29 is 0 Å². The van der Waals surface area contributed by atoms with Crippen molar-refractivity contribution in [1.82, 2.24) is 19.5 Å². The van der Waals surface area contributed by atoms with Gasteiger partial charge >= 0.3 is 0 Å². The topological polar surface area (TPSA) is 67.4 Å². The van der Waals surface area contributed by atoms with E-state index in [9.17, 15) is 5.26 Å². The van der Waals surface area contributed by atoms with Crippen molar-refractivity contribution in [3.05, 3.63) is 157 Å². The van der Waals surface area contributed by atoms with Gasteiger partial charge in [0.25, 0.3) is 0 Å². The minimum atomic E-state index is 0.635. The summed E-state index contributed by atoms with van der Waals surface area (Å²) in [5.41, 5.74) is 8.96. The lowest BCUT2D eigenvalue weighted by molar-refractivity contribution is 1.07. The minimum Gasteiger partial charge on any atom is -0.309 e. The zero-order chi connectivity index (χ0) is 30.2. The van der Waals surface area contributed by atoms with Crippen LogP contribution in [-0.2, 0) is 0 Å². The van der Waals surface area contributed by atoms with Crippen molar-refractivity contribution in [1.29, 1.82) is 5.26 Å². The van der Waals surface area contributed by atoms with E-state index in [2.05, 4.69) is 77.4 Å². The van der Waals surface area contributed by atoms with Gasteiger partial charge in [0.1, 0.15) is 0 Å². The molecule has 45 heavy (non-hydrogen) atoms. The maximum absolute atomic E-state index is 9.47. The predicted octanol–water partition coefficient (Wildman–Crippen LogP) is 9.51. The summed E-state index contributed by atoms with van der Waals surface area (Å²) in [4.78, 5) is 14.5. The number of para-hydroxylation sites is 1. The summed E-state index contributed by atoms with van der Waals surface area (Å²) < 4.78 is 2.26. The molecule has 5 heteroatoms. The van der Waals surface area contributed by atoms with Crippen LogP contribution in [0.4, 0.5) is 0 Å². The van der Waals surface area contributed by atoms with E-state index in [-0.39, 0.29) is 0 Å². The molecular weight excluding hydrogens is 550 g/mol. The van der Waals surface area contributed by atoms with Crippen LogP contribution in [0.15, 0.2) is 152 Å². The van der Waals surface area contributed by atoms with E-state index in [1.54, 1.807) is 0 Å². The molecule has 0 saturated carbocycles. The second kappa shape index (κ2) is 11.0. The number of hydrogen-bond acceptors (Lipinski definition) is 4. The van der Waals surface area contributed by atoms with Gasteiger partial charge in [-0.1, -0.05) is 115 Å². The van der Waals surface area contributed by atoms with Crippen molar-refractivity contribution in [2.75, 3.05) is 0 Å². The van der Waals surface area contributed by atoms with Crippen LogP contribution in [0.5, 0.6) is 0 Å². The summed E-state index contributed by atoms with van der Waals surface area (Å²) in [5, 5.41) is 11.7. The van der Waals surface area contributed by atoms with Gasteiger partial charge in [-0.3, -0.25) is 0 Å². The number of benzene rings is 6. The number of rotatable bonds is 5. The Balaban J connectivity index is 1.15. The molecule has 2 aromatic heterocycles. The fourth-order valence-corrected chi connectivity index (χ4v) is 5.87. The fourth-order valence-electron chi connectivity index (χ4n) is 5.87. The Bertz CT molecular complexity index is 2290. The van der Waals surface area contributed by atoms with Crippen molar-refractivity contribution in [3.8, 4) is 57.0 Å². The Morgan fingerprint density at radius 2 is 0.889 bits per heavy atom. The van der Waals surface area contributed by atoms with Crippen molar-refractivity contribution in [3.63, 3.8) is 0 Å². The Labute approximate surface area is 260 Å². The maximum Gasteiger partial charge on any atom is 0.164 e. The number of fused-ring (bicyclic) bond motifs is 3. The molecule has 0 unspecified atom stereocenters. The molecule has 5 nitrogen and oxygen atoms in total. The van der Waals surface area contributed by atoms with E-state index in [1.807, 2.05) is 84.9 Å². The molecular formula is C40H25N5. The first-order valence-electron chi connectivity index (χ1n) is 14.8. The lowest BCUT2D eigenvalue weighted by Gasteiger charge is -2.10. The summed E-state index contributed by atoms with van der Waals surface area (Å²) in [6, 6.07) is 53.5. The van der Waals surface area contributed by atoms with Crippen molar-refractivity contribution in [2.24, 2.45) is 0 Å². The number of hydrogen-bond donors (Lipinski definition) is 0. The van der Waals surface area contributed by atoms with Crippen LogP contribution in [0.3, 0.4) is 0 Å². The highest BCUT2D eigenvalue weighted by atomic mass is 15.0. The van der Waals surface area contributed by atoms with E-state index in [0.717, 1.165) is 55.3 Å². The largest absolute Gasteiger partial charge is 0.309 e. The van der Waals surface area contributed by atoms with Crippen molar-refractivity contribution in [2.45, 2.75) is 0 Å². The molecule has 0 fully saturated rings. The molecule has 8 rings (SSSR count). The van der Waals surface area contributed by atoms with E-state index in [1.165, 1.54) is 0 Å². The van der Waals surface area contributed by atoms with Gasteiger partial charge < -0.3 is 4.57 Å². The van der Waals surface area contributed by atoms with E-state index < -0.39 is 0 Å². The molecule has 2 heterocycles. The molecule has 8 aromatic rings. The second-order valence-electron chi connectivity index (χ2n) is 10.9. The number of nitrogens with zero attached hydrogens (tertiary/aromatic N) is 5. The van der Waals surface area contributed by atoms with Crippen LogP contribution in [0.2, 0.25) is 0 Å². The first-order valence-corrected chi connectivity index (χ1v) is 14.8. The van der Waals surface area contributed by atoms with Gasteiger partial charge in [-0.05, 0) is 47.5 Å². The van der Waals surface area contributed by atoms with Crippen LogP contribution in [-0.4, -0.2) is 19.5 Å². The monoisotopic (exact) mass is 575 g/mol. The van der Waals surface area contributed by atoms with Gasteiger partial charge in [0.2, 0.25) is 0 Å². The van der Waals surface area contributed by atoms with Gasteiger partial charge in [0.15, 0.2) is 17.5 Å². The van der Waals surface area contributed by atoms with Gasteiger partial charge in [-0.2, -0.15) is 5.26 Å². The number of nitriles is 1. The van der Waals surface area contributed by atoms with Crippen LogP contribution >= 0.6 is 0 Å². The summed E-state index contributed by atoms with van der Waals surface area (Å²) in [5.74, 6) is 1.93. The van der Waals surface area contributed by atoms with Gasteiger partial charge in [0, 0.05) is 33.2 Å². The summed E-state index contributed by atoms with van der Waals surface area (Å²) in [7, 11) is 0. The van der Waals surface area contributed by atoms with Crippen LogP contribution in [0.25, 0.3) is 72.8 Å². The van der Waals surface area contributed by atoms with Gasteiger partial charge in [0.05, 0.1) is 22.7 Å².